The molecule has 2 rings (SSSR count). The predicted octanol–water partition coefficient (Wildman–Crippen LogP) is 2.46. The van der Waals surface area contributed by atoms with Crippen LogP contribution in [0.15, 0.2) is 16.5 Å². The van der Waals surface area contributed by atoms with Crippen LogP contribution in [0.25, 0.3) is 0 Å². The summed E-state index contributed by atoms with van der Waals surface area (Å²) in [6.45, 7) is 1.96. The van der Waals surface area contributed by atoms with Crippen LogP contribution in [-0.2, 0) is 11.4 Å². The maximum absolute atomic E-state index is 11.3. The summed E-state index contributed by atoms with van der Waals surface area (Å²) < 4.78 is 5.45. The van der Waals surface area contributed by atoms with Crippen molar-refractivity contribution in [3.8, 4) is 0 Å². The fourth-order valence-electron chi connectivity index (χ4n) is 2.58. The van der Waals surface area contributed by atoms with Crippen molar-refractivity contribution in [1.29, 1.82) is 0 Å². The van der Waals surface area contributed by atoms with E-state index in [1.165, 1.54) is 6.42 Å². The molecule has 0 atom stereocenters. The maximum Gasteiger partial charge on any atom is 0.216 e. The van der Waals surface area contributed by atoms with Gasteiger partial charge in [-0.25, -0.2) is 0 Å². The van der Waals surface area contributed by atoms with Crippen LogP contribution in [0, 0.1) is 0 Å². The van der Waals surface area contributed by atoms with Crippen molar-refractivity contribution in [3.63, 3.8) is 0 Å². The molecule has 0 bridgehead atoms. The number of carbonyl (C=O) groups is 1. The molecule has 1 aromatic heterocycles. The lowest BCUT2D eigenvalue weighted by molar-refractivity contribution is -0.108. The Bertz CT molecular complexity index is 380. The van der Waals surface area contributed by atoms with E-state index in [9.17, 15) is 4.79 Å². The summed E-state index contributed by atoms with van der Waals surface area (Å²) in [5.41, 5.74) is -0.148. The summed E-state index contributed by atoms with van der Waals surface area (Å²) in [4.78, 5) is 13.0. The number of hydrogen-bond donors (Lipinski definition) is 1. The minimum Gasteiger partial charge on any atom is -0.443 e. The van der Waals surface area contributed by atoms with E-state index < -0.39 is 0 Å². The normalized spacial score (nSPS) is 18.9. The molecule has 4 heteroatoms. The first kappa shape index (κ1) is 12.2. The van der Waals surface area contributed by atoms with Gasteiger partial charge in [0.2, 0.25) is 12.3 Å². The van der Waals surface area contributed by atoms with Crippen LogP contribution in [0.2, 0.25) is 0 Å². The SMILES string of the molecule is CC1(N(C=O)c2ccc(CO)o2)CCCCC1. The molecule has 0 saturated heterocycles. The van der Waals surface area contributed by atoms with Crippen molar-refractivity contribution < 1.29 is 14.3 Å². The third-order valence-corrected chi connectivity index (χ3v) is 3.66. The Morgan fingerprint density at radius 3 is 2.65 bits per heavy atom. The van der Waals surface area contributed by atoms with E-state index in [-0.39, 0.29) is 12.1 Å². The number of nitrogens with zero attached hydrogens (tertiary/aromatic N) is 1. The molecule has 1 saturated carbocycles. The van der Waals surface area contributed by atoms with Crippen molar-refractivity contribution >= 4 is 12.3 Å². The smallest absolute Gasteiger partial charge is 0.216 e. The fraction of sp³-hybridized carbons (Fsp3) is 0.615. The summed E-state index contributed by atoms with van der Waals surface area (Å²) in [6.07, 6.45) is 6.37. The molecule has 4 nitrogen and oxygen atoms in total. The number of rotatable bonds is 4. The predicted molar refractivity (Wildman–Crippen MR) is 64.7 cm³/mol. The van der Waals surface area contributed by atoms with Gasteiger partial charge < -0.3 is 9.52 Å². The highest BCUT2D eigenvalue weighted by Crippen LogP contribution is 2.36. The number of anilines is 1. The quantitative estimate of drug-likeness (QED) is 0.818. The summed E-state index contributed by atoms with van der Waals surface area (Å²) >= 11 is 0. The van der Waals surface area contributed by atoms with E-state index in [1.54, 1.807) is 17.0 Å². The van der Waals surface area contributed by atoms with Gasteiger partial charge in [0.1, 0.15) is 12.4 Å². The Morgan fingerprint density at radius 1 is 1.41 bits per heavy atom. The highest BCUT2D eigenvalue weighted by molar-refractivity contribution is 5.74. The lowest BCUT2D eigenvalue weighted by atomic mass is 9.82. The summed E-state index contributed by atoms with van der Waals surface area (Å²) in [7, 11) is 0. The van der Waals surface area contributed by atoms with Crippen molar-refractivity contribution in [2.24, 2.45) is 0 Å². The summed E-state index contributed by atoms with van der Waals surface area (Å²) in [5.74, 6) is 1.03. The highest BCUT2D eigenvalue weighted by Gasteiger charge is 2.35. The number of hydrogen-bond acceptors (Lipinski definition) is 3. The van der Waals surface area contributed by atoms with Gasteiger partial charge in [0.05, 0.1) is 0 Å². The lowest BCUT2D eigenvalue weighted by Crippen LogP contribution is -2.47. The van der Waals surface area contributed by atoms with Crippen LogP contribution in [0.5, 0.6) is 0 Å². The summed E-state index contributed by atoms with van der Waals surface area (Å²) in [5, 5.41) is 8.98. The number of amides is 1. The molecule has 1 heterocycles. The molecule has 1 aliphatic rings. The van der Waals surface area contributed by atoms with Crippen LogP contribution in [0.1, 0.15) is 44.8 Å². The van der Waals surface area contributed by atoms with Gasteiger partial charge in [-0.1, -0.05) is 19.3 Å². The third kappa shape index (κ3) is 2.36. The van der Waals surface area contributed by atoms with Crippen LogP contribution in [-0.4, -0.2) is 17.1 Å². The molecule has 0 aliphatic heterocycles. The van der Waals surface area contributed by atoms with Gasteiger partial charge in [0.25, 0.3) is 0 Å². The molecule has 1 aromatic rings. The molecule has 1 fully saturated rings. The third-order valence-electron chi connectivity index (χ3n) is 3.66. The molecule has 1 amide bonds. The first-order chi connectivity index (χ1) is 8.19. The maximum atomic E-state index is 11.3. The minimum absolute atomic E-state index is 0.136. The monoisotopic (exact) mass is 237 g/mol. The van der Waals surface area contributed by atoms with Crippen LogP contribution >= 0.6 is 0 Å². The average Bonchev–Trinajstić information content (AvgIpc) is 2.79. The molecule has 1 aliphatic carbocycles. The van der Waals surface area contributed by atoms with Crippen molar-refractivity contribution in [2.75, 3.05) is 4.90 Å². The molecule has 0 radical (unpaired) electrons. The first-order valence-corrected chi connectivity index (χ1v) is 6.14. The standard InChI is InChI=1S/C13H19NO3/c1-13(7-3-2-4-8-13)14(10-16)12-6-5-11(9-15)17-12/h5-6,10,15H,2-4,7-9H2,1H3. The van der Waals surface area contributed by atoms with E-state index in [0.717, 1.165) is 32.1 Å². The molecular formula is C13H19NO3. The second kappa shape index (κ2) is 4.92. The van der Waals surface area contributed by atoms with Gasteiger partial charge in [0.15, 0.2) is 0 Å². The topological polar surface area (TPSA) is 53.7 Å². The van der Waals surface area contributed by atoms with Gasteiger partial charge >= 0.3 is 0 Å². The number of aliphatic hydroxyl groups is 1. The number of furan rings is 1. The van der Waals surface area contributed by atoms with Gasteiger partial charge in [-0.2, -0.15) is 0 Å². The zero-order valence-electron chi connectivity index (χ0n) is 10.2. The Kier molecular flexibility index (Phi) is 3.52. The average molecular weight is 237 g/mol. The second-order valence-electron chi connectivity index (χ2n) is 4.93. The Hall–Kier alpha value is -1.29. The molecule has 0 spiro atoms. The van der Waals surface area contributed by atoms with E-state index in [1.807, 2.05) is 0 Å². The first-order valence-electron chi connectivity index (χ1n) is 6.14. The molecule has 17 heavy (non-hydrogen) atoms. The second-order valence-corrected chi connectivity index (χ2v) is 4.93. The number of aliphatic hydroxyl groups excluding tert-OH is 1. The molecule has 0 aromatic carbocycles. The Balaban J connectivity index is 2.22. The Morgan fingerprint density at radius 2 is 2.12 bits per heavy atom. The van der Waals surface area contributed by atoms with E-state index >= 15 is 0 Å². The fourth-order valence-corrected chi connectivity index (χ4v) is 2.58. The molecule has 94 valence electrons. The van der Waals surface area contributed by atoms with Crippen molar-refractivity contribution in [3.05, 3.63) is 17.9 Å². The van der Waals surface area contributed by atoms with Crippen LogP contribution in [0.4, 0.5) is 5.88 Å². The van der Waals surface area contributed by atoms with Crippen molar-refractivity contribution in [1.82, 2.24) is 0 Å². The van der Waals surface area contributed by atoms with E-state index in [4.69, 9.17) is 9.52 Å². The van der Waals surface area contributed by atoms with Crippen molar-refractivity contribution in [2.45, 2.75) is 51.2 Å². The largest absolute Gasteiger partial charge is 0.443 e. The zero-order valence-corrected chi connectivity index (χ0v) is 10.2. The van der Waals surface area contributed by atoms with Crippen LogP contribution in [0.3, 0.4) is 0 Å². The minimum atomic E-state index is -0.148. The lowest BCUT2D eigenvalue weighted by Gasteiger charge is -2.40. The molecular weight excluding hydrogens is 218 g/mol. The zero-order chi connectivity index (χ0) is 12.3. The van der Waals surface area contributed by atoms with Crippen LogP contribution < -0.4 is 4.90 Å². The van der Waals surface area contributed by atoms with E-state index in [0.29, 0.717) is 11.6 Å². The van der Waals surface area contributed by atoms with E-state index in [2.05, 4.69) is 6.92 Å². The van der Waals surface area contributed by atoms with Gasteiger partial charge in [-0.15, -0.1) is 0 Å². The van der Waals surface area contributed by atoms with Gasteiger partial charge in [-0.05, 0) is 25.8 Å². The number of carbonyl (C=O) groups excluding carboxylic acids is 1. The van der Waals surface area contributed by atoms with Gasteiger partial charge in [0, 0.05) is 11.6 Å². The molecule has 1 N–H and O–H groups in total. The summed E-state index contributed by atoms with van der Waals surface area (Å²) in [6, 6.07) is 3.46. The molecule has 0 unspecified atom stereocenters. The Labute approximate surface area is 101 Å². The van der Waals surface area contributed by atoms with Gasteiger partial charge in [-0.3, -0.25) is 9.69 Å². The highest BCUT2D eigenvalue weighted by atomic mass is 16.4.